The number of nitrogens with one attached hydrogen (secondary N) is 1. The highest BCUT2D eigenvalue weighted by Gasteiger charge is 2.67. The van der Waals surface area contributed by atoms with Crippen LogP contribution in [0.1, 0.15) is 53.7 Å². The van der Waals surface area contributed by atoms with Crippen molar-refractivity contribution in [2.24, 2.45) is 5.92 Å². The molecular weight excluding hydrogens is 511 g/mol. The van der Waals surface area contributed by atoms with E-state index >= 15 is 4.39 Å². The average molecular weight is 545 g/mol. The Morgan fingerprint density at radius 2 is 1.90 bits per heavy atom. The van der Waals surface area contributed by atoms with Gasteiger partial charge in [-0.2, -0.15) is 4.39 Å². The molecule has 0 saturated carbocycles. The molecule has 4 aliphatic rings. The lowest BCUT2D eigenvalue weighted by Gasteiger charge is -2.37. The summed E-state index contributed by atoms with van der Waals surface area (Å²) in [7, 11) is 0. The first-order chi connectivity index (χ1) is 19.4. The Hall–Kier alpha value is -3.79. The number of para-hydroxylation sites is 1. The maximum Gasteiger partial charge on any atom is 0.277 e. The van der Waals surface area contributed by atoms with Crippen LogP contribution in [0.2, 0.25) is 0 Å². The summed E-state index contributed by atoms with van der Waals surface area (Å²) in [6.07, 6.45) is 5.30. The highest BCUT2D eigenvalue weighted by atomic mass is 19.1. The summed E-state index contributed by atoms with van der Waals surface area (Å²) in [5.74, 6) is -1.79. The summed E-state index contributed by atoms with van der Waals surface area (Å²) in [6.45, 7) is 4.15. The molecule has 3 saturated heterocycles. The second kappa shape index (κ2) is 9.40. The monoisotopic (exact) mass is 544 g/mol. The van der Waals surface area contributed by atoms with Crippen molar-refractivity contribution >= 4 is 29.1 Å². The zero-order chi connectivity index (χ0) is 27.6. The lowest BCUT2D eigenvalue weighted by atomic mass is 9.78. The van der Waals surface area contributed by atoms with Gasteiger partial charge in [0.05, 0.1) is 5.92 Å². The predicted molar refractivity (Wildman–Crippen MR) is 146 cm³/mol. The van der Waals surface area contributed by atoms with E-state index in [1.165, 1.54) is 4.40 Å². The van der Waals surface area contributed by atoms with Crippen LogP contribution in [0.3, 0.4) is 0 Å². The third-order valence-electron chi connectivity index (χ3n) is 9.26. The first-order valence-corrected chi connectivity index (χ1v) is 14.3. The Bertz CT molecular complexity index is 1540. The molecule has 2 aromatic heterocycles. The van der Waals surface area contributed by atoms with E-state index in [1.54, 1.807) is 23.2 Å². The van der Waals surface area contributed by atoms with E-state index in [0.717, 1.165) is 36.2 Å². The van der Waals surface area contributed by atoms with Crippen LogP contribution in [0, 0.1) is 18.8 Å². The van der Waals surface area contributed by atoms with Crippen molar-refractivity contribution in [1.82, 2.24) is 24.5 Å². The van der Waals surface area contributed by atoms with Crippen molar-refractivity contribution < 1.29 is 18.8 Å². The molecule has 3 amide bonds. The number of carbonyl (C=O) groups is 3. The molecule has 10 heteroatoms. The number of amides is 3. The number of pyridine rings is 1. The number of aromatic nitrogens is 2. The highest BCUT2D eigenvalue weighted by Crippen LogP contribution is 2.57. The van der Waals surface area contributed by atoms with Gasteiger partial charge in [0.15, 0.2) is 5.69 Å². The second-order valence-electron chi connectivity index (χ2n) is 11.5. The van der Waals surface area contributed by atoms with Crippen molar-refractivity contribution in [3.8, 4) is 0 Å². The van der Waals surface area contributed by atoms with E-state index < -0.39 is 23.3 Å². The Balaban J connectivity index is 1.22. The number of anilines is 1. The minimum atomic E-state index is -0.983. The number of hydrogen-bond donors (Lipinski definition) is 1. The SMILES string of the molecule is Cc1ccn2c(F)c(C(=O)N3CCCNC(=O)[C@@H]4C[C@@H]5CCCN5[C@@]45C(=O)N(CCC3)c3ccccc35)nc2c1. The fourth-order valence-corrected chi connectivity index (χ4v) is 7.52. The minimum Gasteiger partial charge on any atom is -0.356 e. The van der Waals surface area contributed by atoms with Crippen molar-refractivity contribution in [1.29, 1.82) is 0 Å². The Morgan fingerprint density at radius 1 is 1.07 bits per heavy atom. The van der Waals surface area contributed by atoms with E-state index in [2.05, 4.69) is 15.2 Å². The van der Waals surface area contributed by atoms with Gasteiger partial charge in [0, 0.05) is 49.7 Å². The van der Waals surface area contributed by atoms with Crippen LogP contribution >= 0.6 is 0 Å². The van der Waals surface area contributed by atoms with E-state index in [-0.39, 0.29) is 23.6 Å². The van der Waals surface area contributed by atoms with Crippen molar-refractivity contribution in [3.63, 3.8) is 0 Å². The minimum absolute atomic E-state index is 0.0443. The van der Waals surface area contributed by atoms with Gasteiger partial charge in [0.1, 0.15) is 11.2 Å². The number of carbonyl (C=O) groups excluding carboxylic acids is 3. The molecule has 3 aromatic rings. The van der Waals surface area contributed by atoms with Crippen LogP contribution in [-0.4, -0.2) is 75.7 Å². The van der Waals surface area contributed by atoms with Gasteiger partial charge in [-0.15, -0.1) is 0 Å². The standard InChI is InChI=1S/C30H33FN6O3/c1-19-10-16-36-24(17-19)33-25(26(36)31)28(39)34-12-5-11-32-27(38)22-18-20-7-4-15-37(20)30(22)21-8-2-3-9-23(21)35(29(30)40)14-6-13-34/h2-3,8-10,16-17,20,22H,4-7,11-15,18H2,1H3,(H,32,38)/t20-,22-,30+/m0/s1. The summed E-state index contributed by atoms with van der Waals surface area (Å²) in [4.78, 5) is 51.7. The molecule has 0 unspecified atom stereocenters. The van der Waals surface area contributed by atoms with Gasteiger partial charge in [-0.3, -0.25) is 23.7 Å². The second-order valence-corrected chi connectivity index (χ2v) is 11.5. The number of aryl methyl sites for hydroxylation is 1. The van der Waals surface area contributed by atoms with Crippen molar-refractivity contribution in [2.75, 3.05) is 37.6 Å². The molecule has 2 bridgehead atoms. The lowest BCUT2D eigenvalue weighted by molar-refractivity contribution is -0.138. The van der Waals surface area contributed by atoms with Gasteiger partial charge in [0.2, 0.25) is 11.9 Å². The van der Waals surface area contributed by atoms with Crippen LogP contribution in [0.15, 0.2) is 42.6 Å². The molecule has 1 aromatic carbocycles. The summed E-state index contributed by atoms with van der Waals surface area (Å²) in [5, 5.41) is 3.08. The fourth-order valence-electron chi connectivity index (χ4n) is 7.52. The van der Waals surface area contributed by atoms with Gasteiger partial charge in [-0.05, 0) is 69.3 Å². The van der Waals surface area contributed by atoms with Gasteiger partial charge < -0.3 is 15.1 Å². The van der Waals surface area contributed by atoms with Crippen LogP contribution in [0.5, 0.6) is 0 Å². The highest BCUT2D eigenvalue weighted by molar-refractivity contribution is 6.11. The summed E-state index contributed by atoms with van der Waals surface area (Å²) >= 11 is 0. The average Bonchev–Trinajstić information content (AvgIpc) is 3.68. The number of hydrogen-bond acceptors (Lipinski definition) is 5. The maximum atomic E-state index is 15.2. The summed E-state index contributed by atoms with van der Waals surface area (Å²) < 4.78 is 16.5. The first kappa shape index (κ1) is 25.2. The third kappa shape index (κ3) is 3.54. The van der Waals surface area contributed by atoms with E-state index in [9.17, 15) is 14.4 Å². The van der Waals surface area contributed by atoms with Crippen LogP contribution < -0.4 is 10.2 Å². The molecule has 0 radical (unpaired) electrons. The van der Waals surface area contributed by atoms with Crippen LogP contribution in [0.4, 0.5) is 10.1 Å². The molecule has 3 atom stereocenters. The molecule has 0 aliphatic carbocycles. The zero-order valence-corrected chi connectivity index (χ0v) is 22.6. The quantitative estimate of drug-likeness (QED) is 0.509. The number of benzene rings is 1. The lowest BCUT2D eigenvalue weighted by Crippen LogP contribution is -2.56. The van der Waals surface area contributed by atoms with Gasteiger partial charge in [0.25, 0.3) is 11.8 Å². The summed E-state index contributed by atoms with van der Waals surface area (Å²) in [5.41, 5.74) is 1.87. The molecule has 208 valence electrons. The first-order valence-electron chi connectivity index (χ1n) is 14.3. The van der Waals surface area contributed by atoms with Gasteiger partial charge in [-0.25, -0.2) is 4.98 Å². The third-order valence-corrected chi connectivity index (χ3v) is 9.26. The van der Waals surface area contributed by atoms with E-state index in [4.69, 9.17) is 0 Å². The fraction of sp³-hybridized carbons (Fsp3) is 0.467. The Kier molecular flexibility index (Phi) is 5.92. The molecule has 3 fully saturated rings. The summed E-state index contributed by atoms with van der Waals surface area (Å²) in [6, 6.07) is 11.6. The maximum absolute atomic E-state index is 15.2. The molecule has 1 spiro atoms. The number of nitrogens with zero attached hydrogens (tertiary/aromatic N) is 5. The van der Waals surface area contributed by atoms with E-state index in [0.29, 0.717) is 51.1 Å². The Morgan fingerprint density at radius 3 is 2.77 bits per heavy atom. The molecule has 1 N–H and O–H groups in total. The van der Waals surface area contributed by atoms with Crippen molar-refractivity contribution in [3.05, 3.63) is 65.4 Å². The predicted octanol–water partition coefficient (Wildman–Crippen LogP) is 2.86. The van der Waals surface area contributed by atoms with E-state index in [1.807, 2.05) is 36.1 Å². The zero-order valence-electron chi connectivity index (χ0n) is 22.6. The molecule has 9 nitrogen and oxygen atoms in total. The van der Waals surface area contributed by atoms with Gasteiger partial charge in [-0.1, -0.05) is 18.2 Å². The van der Waals surface area contributed by atoms with Crippen LogP contribution in [0.25, 0.3) is 5.65 Å². The molecule has 4 aliphatic heterocycles. The normalized spacial score (nSPS) is 27.1. The number of halogens is 1. The molecule has 40 heavy (non-hydrogen) atoms. The smallest absolute Gasteiger partial charge is 0.277 e. The molecule has 7 rings (SSSR count). The van der Waals surface area contributed by atoms with Crippen molar-refractivity contribution in [2.45, 2.75) is 50.6 Å². The van der Waals surface area contributed by atoms with Crippen LogP contribution in [-0.2, 0) is 15.1 Å². The Labute approximate surface area is 231 Å². The number of imidazole rings is 1. The molecular formula is C30H33FN6O3. The topological polar surface area (TPSA) is 90.3 Å². The number of rotatable bonds is 1. The number of fused-ring (bicyclic) bond motifs is 5. The largest absolute Gasteiger partial charge is 0.356 e. The van der Waals surface area contributed by atoms with Gasteiger partial charge >= 0.3 is 0 Å². The molecule has 6 heterocycles.